The number of carbonyl (C=O) groups excluding carboxylic acids is 3. The highest BCUT2D eigenvalue weighted by atomic mass is 32.1. The standard InChI is InChI=1S/C26H28N6O3S/c1-3-18(33)32-11-5-6-14(12-32)31-25(35)23-20-19-16(8-9-17(27)22(19)36-23)26(29,24(34)21(20)28)15-7-4-10-30-13(15)2/h3-4,7-10,14,21H,1,5-6,11-12,27-29H2,2H3,(H,31,35). The van der Waals surface area contributed by atoms with Gasteiger partial charge in [-0.25, -0.2) is 0 Å². The number of aromatic nitrogens is 1. The summed E-state index contributed by atoms with van der Waals surface area (Å²) in [5, 5.41) is 3.68. The number of piperidine rings is 1. The average Bonchev–Trinajstić information content (AvgIpc) is 3.29. The summed E-state index contributed by atoms with van der Waals surface area (Å²) in [6, 6.07) is 5.61. The van der Waals surface area contributed by atoms with Crippen LogP contribution in [0.3, 0.4) is 0 Å². The van der Waals surface area contributed by atoms with Gasteiger partial charge in [-0.15, -0.1) is 11.3 Å². The number of likely N-dealkylation sites (tertiary alicyclic amines) is 1. The third-order valence-corrected chi connectivity index (χ3v) is 8.45. The zero-order valence-electron chi connectivity index (χ0n) is 19.9. The molecule has 10 heteroatoms. The minimum absolute atomic E-state index is 0.166. The second kappa shape index (κ2) is 8.81. The fourth-order valence-corrected chi connectivity index (χ4v) is 6.61. The van der Waals surface area contributed by atoms with Crippen LogP contribution in [-0.4, -0.2) is 46.6 Å². The number of carbonyl (C=O) groups is 3. The summed E-state index contributed by atoms with van der Waals surface area (Å²) in [7, 11) is 0. The summed E-state index contributed by atoms with van der Waals surface area (Å²) >= 11 is 1.21. The number of hydrogen-bond donors (Lipinski definition) is 4. The van der Waals surface area contributed by atoms with Crippen LogP contribution in [0.25, 0.3) is 10.1 Å². The molecule has 0 radical (unpaired) electrons. The van der Waals surface area contributed by atoms with Crippen molar-refractivity contribution in [2.45, 2.75) is 37.4 Å². The molecule has 1 saturated heterocycles. The molecule has 2 amide bonds. The normalized spacial score (nSPS) is 23.5. The van der Waals surface area contributed by atoms with Crippen molar-refractivity contribution in [2.24, 2.45) is 11.5 Å². The van der Waals surface area contributed by atoms with E-state index in [1.54, 1.807) is 42.3 Å². The van der Waals surface area contributed by atoms with Crippen LogP contribution >= 0.6 is 11.3 Å². The number of Topliss-reactive ketones (excluding diaryl/α,β-unsaturated/α-hetero) is 1. The van der Waals surface area contributed by atoms with Crippen molar-refractivity contribution in [3.8, 4) is 0 Å². The number of thiophene rings is 1. The Bertz CT molecular complexity index is 1430. The molecule has 0 saturated carbocycles. The molecule has 0 bridgehead atoms. The molecule has 3 atom stereocenters. The molecule has 0 spiro atoms. The van der Waals surface area contributed by atoms with Crippen molar-refractivity contribution in [3.63, 3.8) is 0 Å². The predicted molar refractivity (Wildman–Crippen MR) is 139 cm³/mol. The van der Waals surface area contributed by atoms with Crippen molar-refractivity contribution in [2.75, 3.05) is 18.8 Å². The Morgan fingerprint density at radius 1 is 1.31 bits per heavy atom. The minimum atomic E-state index is -1.53. The highest BCUT2D eigenvalue weighted by Crippen LogP contribution is 2.49. The van der Waals surface area contributed by atoms with Crippen LogP contribution in [-0.2, 0) is 15.1 Å². The van der Waals surface area contributed by atoms with Gasteiger partial charge in [0.05, 0.1) is 15.6 Å². The van der Waals surface area contributed by atoms with Gasteiger partial charge in [-0.05, 0) is 43.5 Å². The van der Waals surface area contributed by atoms with E-state index in [1.807, 2.05) is 0 Å². The highest BCUT2D eigenvalue weighted by molar-refractivity contribution is 7.21. The maximum atomic E-state index is 13.8. The van der Waals surface area contributed by atoms with Crippen molar-refractivity contribution < 1.29 is 14.4 Å². The quantitative estimate of drug-likeness (QED) is 0.312. The first kappa shape index (κ1) is 24.1. The molecule has 9 nitrogen and oxygen atoms in total. The van der Waals surface area contributed by atoms with E-state index in [0.717, 1.165) is 12.8 Å². The van der Waals surface area contributed by atoms with Gasteiger partial charge < -0.3 is 27.4 Å². The molecule has 186 valence electrons. The Balaban J connectivity index is 1.60. The van der Waals surface area contributed by atoms with Gasteiger partial charge in [0.25, 0.3) is 5.91 Å². The molecule has 1 aliphatic carbocycles. The van der Waals surface area contributed by atoms with E-state index in [2.05, 4.69) is 16.9 Å². The lowest BCUT2D eigenvalue weighted by molar-refractivity contribution is -0.127. The number of nitrogens with two attached hydrogens (primary N) is 3. The molecular formula is C26H28N6O3S. The summed E-state index contributed by atoms with van der Waals surface area (Å²) in [5.74, 6) is -0.925. The van der Waals surface area contributed by atoms with Gasteiger partial charge in [-0.3, -0.25) is 19.4 Å². The maximum absolute atomic E-state index is 13.8. The number of rotatable bonds is 4. The van der Waals surface area contributed by atoms with Gasteiger partial charge in [-0.1, -0.05) is 18.7 Å². The van der Waals surface area contributed by atoms with Gasteiger partial charge in [-0.2, -0.15) is 0 Å². The van der Waals surface area contributed by atoms with Crippen LogP contribution in [0.1, 0.15) is 50.9 Å². The van der Waals surface area contributed by atoms with Gasteiger partial charge >= 0.3 is 0 Å². The van der Waals surface area contributed by atoms with E-state index in [4.69, 9.17) is 17.2 Å². The van der Waals surface area contributed by atoms with Crippen LogP contribution in [0.5, 0.6) is 0 Å². The summed E-state index contributed by atoms with van der Waals surface area (Å²) in [5.41, 5.74) is 20.9. The lowest BCUT2D eigenvalue weighted by Gasteiger charge is -2.37. The molecule has 2 aliphatic rings. The van der Waals surface area contributed by atoms with E-state index in [0.29, 0.717) is 56.1 Å². The van der Waals surface area contributed by atoms with E-state index in [1.165, 1.54) is 17.4 Å². The molecule has 2 aromatic heterocycles. The fourth-order valence-electron chi connectivity index (χ4n) is 5.40. The topological polar surface area (TPSA) is 157 Å². The van der Waals surface area contributed by atoms with Gasteiger partial charge in [0.1, 0.15) is 5.54 Å². The van der Waals surface area contributed by atoms with Crippen molar-refractivity contribution in [1.82, 2.24) is 15.2 Å². The van der Waals surface area contributed by atoms with E-state index >= 15 is 0 Å². The molecule has 1 fully saturated rings. The summed E-state index contributed by atoms with van der Waals surface area (Å²) in [4.78, 5) is 45.7. The molecule has 3 heterocycles. The van der Waals surface area contributed by atoms with Gasteiger partial charge in [0, 0.05) is 53.2 Å². The second-order valence-electron chi connectivity index (χ2n) is 9.34. The molecule has 5 rings (SSSR count). The SMILES string of the molecule is C=CC(=O)N1CCCC(NC(=O)c2sc3c(N)ccc4c3c2C(N)C(=O)C4(N)c2cccnc2C)C1. The molecule has 1 aromatic carbocycles. The summed E-state index contributed by atoms with van der Waals surface area (Å²) in [6.07, 6.45) is 4.41. The predicted octanol–water partition coefficient (Wildman–Crippen LogP) is 1.88. The van der Waals surface area contributed by atoms with Crippen molar-refractivity contribution in [1.29, 1.82) is 0 Å². The van der Waals surface area contributed by atoms with Crippen molar-refractivity contribution in [3.05, 3.63) is 70.4 Å². The summed E-state index contributed by atoms with van der Waals surface area (Å²) < 4.78 is 0.666. The van der Waals surface area contributed by atoms with Gasteiger partial charge in [0.15, 0.2) is 5.78 Å². The number of ketones is 1. The van der Waals surface area contributed by atoms with Crippen molar-refractivity contribution >= 4 is 44.7 Å². The number of benzene rings is 1. The van der Waals surface area contributed by atoms with Gasteiger partial charge in [0.2, 0.25) is 5.91 Å². The number of nitrogens with zero attached hydrogens (tertiary/aromatic N) is 2. The molecular weight excluding hydrogens is 476 g/mol. The first-order valence-corrected chi connectivity index (χ1v) is 12.6. The second-order valence-corrected chi connectivity index (χ2v) is 10.4. The maximum Gasteiger partial charge on any atom is 0.262 e. The monoisotopic (exact) mass is 504 g/mol. The number of nitrogens with one attached hydrogen (secondary N) is 1. The molecule has 1 aliphatic heterocycles. The lowest BCUT2D eigenvalue weighted by atomic mass is 9.70. The van der Waals surface area contributed by atoms with E-state index in [-0.39, 0.29) is 17.9 Å². The Hall–Kier alpha value is -3.60. The Kier molecular flexibility index (Phi) is 5.90. The number of hydrogen-bond acceptors (Lipinski definition) is 8. The summed E-state index contributed by atoms with van der Waals surface area (Å²) in [6.45, 7) is 6.35. The lowest BCUT2D eigenvalue weighted by Crippen LogP contribution is -2.53. The molecule has 3 unspecified atom stereocenters. The van der Waals surface area contributed by atoms with Crippen LogP contribution in [0, 0.1) is 6.92 Å². The zero-order chi connectivity index (χ0) is 25.8. The van der Waals surface area contributed by atoms with E-state index in [9.17, 15) is 14.4 Å². The first-order valence-electron chi connectivity index (χ1n) is 11.8. The third-order valence-electron chi connectivity index (χ3n) is 7.19. The number of pyridine rings is 1. The molecule has 7 N–H and O–H groups in total. The number of nitrogen functional groups attached to an aromatic ring is 1. The number of anilines is 1. The Labute approximate surface area is 212 Å². The average molecular weight is 505 g/mol. The highest BCUT2D eigenvalue weighted by Gasteiger charge is 2.49. The third kappa shape index (κ3) is 3.52. The minimum Gasteiger partial charge on any atom is -0.398 e. The van der Waals surface area contributed by atoms with Crippen LogP contribution < -0.4 is 22.5 Å². The van der Waals surface area contributed by atoms with Crippen LogP contribution in [0.2, 0.25) is 0 Å². The number of amides is 2. The fraction of sp³-hybridized carbons (Fsp3) is 0.308. The Morgan fingerprint density at radius 2 is 2.08 bits per heavy atom. The zero-order valence-corrected chi connectivity index (χ0v) is 20.7. The molecule has 3 aromatic rings. The Morgan fingerprint density at radius 3 is 2.81 bits per heavy atom. The van der Waals surface area contributed by atoms with Crippen LogP contribution in [0.15, 0.2) is 43.1 Å². The largest absolute Gasteiger partial charge is 0.398 e. The van der Waals surface area contributed by atoms with Crippen LogP contribution in [0.4, 0.5) is 5.69 Å². The molecule has 36 heavy (non-hydrogen) atoms. The van der Waals surface area contributed by atoms with E-state index < -0.39 is 17.4 Å². The number of aryl methyl sites for hydroxylation is 1. The smallest absolute Gasteiger partial charge is 0.262 e. The first-order chi connectivity index (χ1) is 17.2.